The van der Waals surface area contributed by atoms with Gasteiger partial charge < -0.3 is 20.6 Å². The Labute approximate surface area is 96.0 Å². The quantitative estimate of drug-likeness (QED) is 0.287. The highest BCUT2D eigenvalue weighted by molar-refractivity contribution is 5.87. The highest BCUT2D eigenvalue weighted by atomic mass is 16.5. The monoisotopic (exact) mass is 231 g/mol. The molecule has 6 nitrogen and oxygen atoms in total. The third-order valence-electron chi connectivity index (χ3n) is 1.87. The number of amides is 1. The fourth-order valence-electron chi connectivity index (χ4n) is 1.12. The van der Waals surface area contributed by atoms with Gasteiger partial charge in [-0.15, -0.1) is 0 Å². The first-order valence-corrected chi connectivity index (χ1v) is 5.37. The van der Waals surface area contributed by atoms with E-state index in [1.54, 1.807) is 0 Å². The Balaban J connectivity index is 4.23. The first-order valence-electron chi connectivity index (χ1n) is 5.37. The molecule has 0 aliphatic rings. The number of hydrogen-bond acceptors (Lipinski definition) is 4. The smallest absolute Gasteiger partial charge is 0.248 e. The van der Waals surface area contributed by atoms with Gasteiger partial charge in [-0.3, -0.25) is 4.79 Å². The summed E-state index contributed by atoms with van der Waals surface area (Å²) in [5.41, 5.74) is 5.36. The third-order valence-corrected chi connectivity index (χ3v) is 1.87. The van der Waals surface area contributed by atoms with Crippen LogP contribution in [-0.4, -0.2) is 47.7 Å². The van der Waals surface area contributed by atoms with Crippen molar-refractivity contribution >= 4 is 11.7 Å². The molecule has 0 atom stereocenters. The van der Waals surface area contributed by atoms with Crippen molar-refractivity contribution in [3.8, 4) is 0 Å². The molecule has 0 aliphatic carbocycles. The van der Waals surface area contributed by atoms with E-state index in [1.807, 2.05) is 20.8 Å². The summed E-state index contributed by atoms with van der Waals surface area (Å²) in [5.74, 6) is -0.131. The number of hydrogen-bond donors (Lipinski definition) is 2. The van der Waals surface area contributed by atoms with Gasteiger partial charge in [-0.1, -0.05) is 12.1 Å². The molecule has 1 amide bonds. The maximum Gasteiger partial charge on any atom is 0.248 e. The number of amidine groups is 1. The van der Waals surface area contributed by atoms with Crippen molar-refractivity contribution in [3.05, 3.63) is 0 Å². The van der Waals surface area contributed by atoms with Crippen LogP contribution in [0.4, 0.5) is 0 Å². The Morgan fingerprint density at radius 2 is 2.19 bits per heavy atom. The van der Waals surface area contributed by atoms with E-state index in [9.17, 15) is 4.79 Å². The van der Waals surface area contributed by atoms with Gasteiger partial charge in [0.05, 0.1) is 12.6 Å². The average molecular weight is 231 g/mol. The second-order valence-corrected chi connectivity index (χ2v) is 3.77. The van der Waals surface area contributed by atoms with Gasteiger partial charge in [-0.2, -0.15) is 0 Å². The lowest BCUT2D eigenvalue weighted by Crippen LogP contribution is -2.41. The minimum absolute atomic E-state index is 0.0104. The second-order valence-electron chi connectivity index (χ2n) is 3.77. The zero-order valence-corrected chi connectivity index (χ0v) is 10.1. The first-order chi connectivity index (χ1) is 7.51. The summed E-state index contributed by atoms with van der Waals surface area (Å²) in [4.78, 5) is 13.2. The maximum atomic E-state index is 11.7. The highest BCUT2D eigenvalue weighted by Crippen LogP contribution is 1.96. The number of nitrogens with zero attached hydrogens (tertiary/aromatic N) is 2. The van der Waals surface area contributed by atoms with Crippen molar-refractivity contribution in [1.29, 1.82) is 0 Å². The first kappa shape index (κ1) is 14.7. The van der Waals surface area contributed by atoms with E-state index in [-0.39, 0.29) is 31.0 Å². The van der Waals surface area contributed by atoms with Gasteiger partial charge in [0.2, 0.25) is 5.91 Å². The van der Waals surface area contributed by atoms with Gasteiger partial charge in [0.15, 0.2) is 5.84 Å². The number of carbonyl (C=O) groups is 1. The van der Waals surface area contributed by atoms with E-state index >= 15 is 0 Å². The summed E-state index contributed by atoms with van der Waals surface area (Å²) in [5, 5.41) is 11.3. The van der Waals surface area contributed by atoms with Crippen LogP contribution < -0.4 is 5.73 Å². The van der Waals surface area contributed by atoms with Crippen LogP contribution in [0.25, 0.3) is 0 Å². The zero-order chi connectivity index (χ0) is 12.6. The number of nitrogens with two attached hydrogens (primary N) is 1. The maximum absolute atomic E-state index is 11.7. The van der Waals surface area contributed by atoms with Crippen molar-refractivity contribution in [2.24, 2.45) is 10.9 Å². The fourth-order valence-corrected chi connectivity index (χ4v) is 1.12. The van der Waals surface area contributed by atoms with Crippen LogP contribution in [0.15, 0.2) is 5.16 Å². The van der Waals surface area contributed by atoms with Crippen molar-refractivity contribution in [1.82, 2.24) is 4.90 Å². The molecule has 0 aromatic heterocycles. The predicted octanol–water partition coefficient (Wildman–Crippen LogP) is 0.396. The van der Waals surface area contributed by atoms with Gasteiger partial charge in [0, 0.05) is 6.54 Å². The molecule has 0 saturated carbocycles. The second kappa shape index (κ2) is 7.92. The van der Waals surface area contributed by atoms with Crippen molar-refractivity contribution in [2.75, 3.05) is 19.7 Å². The van der Waals surface area contributed by atoms with E-state index in [0.717, 1.165) is 6.42 Å². The minimum Gasteiger partial charge on any atom is -0.409 e. The van der Waals surface area contributed by atoms with Crippen LogP contribution in [0.2, 0.25) is 0 Å². The highest BCUT2D eigenvalue weighted by Gasteiger charge is 2.14. The van der Waals surface area contributed by atoms with E-state index in [2.05, 4.69) is 5.16 Å². The van der Waals surface area contributed by atoms with E-state index < -0.39 is 0 Å². The Morgan fingerprint density at radius 3 is 2.62 bits per heavy atom. The molecule has 3 N–H and O–H groups in total. The standard InChI is InChI=1S/C10H21N3O3/c1-4-5-13(6-9(11)12-15)10(14)7-16-8(2)3/h8,15H,4-7H2,1-3H3,(H2,11,12). The Bertz CT molecular complexity index is 241. The third kappa shape index (κ3) is 6.23. The number of rotatable bonds is 7. The summed E-state index contributed by atoms with van der Waals surface area (Å²) in [6.45, 7) is 6.40. The molecule has 0 aliphatic heterocycles. The molecule has 94 valence electrons. The summed E-state index contributed by atoms with van der Waals surface area (Å²) in [6, 6.07) is 0. The van der Waals surface area contributed by atoms with Crippen LogP contribution in [0.1, 0.15) is 27.2 Å². The molecule has 0 bridgehead atoms. The SMILES string of the molecule is CCCN(CC(N)=NO)C(=O)COC(C)C. The summed E-state index contributed by atoms with van der Waals surface area (Å²) >= 11 is 0. The summed E-state index contributed by atoms with van der Waals surface area (Å²) in [7, 11) is 0. The zero-order valence-electron chi connectivity index (χ0n) is 10.1. The molecule has 0 aromatic rings. The molecule has 0 aromatic carbocycles. The lowest BCUT2D eigenvalue weighted by molar-refractivity contribution is -0.136. The molecular formula is C10H21N3O3. The predicted molar refractivity (Wildman–Crippen MR) is 61.4 cm³/mol. The van der Waals surface area contributed by atoms with Gasteiger partial charge in [-0.05, 0) is 20.3 Å². The lowest BCUT2D eigenvalue weighted by atomic mass is 10.3. The number of ether oxygens (including phenoxy) is 1. The molecule has 0 unspecified atom stereocenters. The molecule has 0 rings (SSSR count). The van der Waals surface area contributed by atoms with E-state index in [1.165, 1.54) is 4.90 Å². The molecule has 0 fully saturated rings. The van der Waals surface area contributed by atoms with Crippen molar-refractivity contribution < 1.29 is 14.7 Å². The Hall–Kier alpha value is -1.30. The summed E-state index contributed by atoms with van der Waals surface area (Å²) in [6.07, 6.45) is 0.822. The topological polar surface area (TPSA) is 88.1 Å². The van der Waals surface area contributed by atoms with Crippen molar-refractivity contribution in [3.63, 3.8) is 0 Å². The Kier molecular flexibility index (Phi) is 7.28. The minimum atomic E-state index is -0.151. The number of oxime groups is 1. The van der Waals surface area contributed by atoms with Crippen LogP contribution in [-0.2, 0) is 9.53 Å². The normalized spacial score (nSPS) is 11.9. The lowest BCUT2D eigenvalue weighted by Gasteiger charge is -2.21. The molecule has 0 spiro atoms. The van der Waals surface area contributed by atoms with Crippen LogP contribution >= 0.6 is 0 Å². The molecule has 0 radical (unpaired) electrons. The molecule has 0 saturated heterocycles. The van der Waals surface area contributed by atoms with Gasteiger partial charge in [0.1, 0.15) is 6.61 Å². The van der Waals surface area contributed by atoms with Gasteiger partial charge in [-0.25, -0.2) is 0 Å². The molecule has 16 heavy (non-hydrogen) atoms. The molecule has 6 heteroatoms. The molecule has 0 heterocycles. The average Bonchev–Trinajstić information content (AvgIpc) is 2.24. The van der Waals surface area contributed by atoms with E-state index in [0.29, 0.717) is 6.54 Å². The Morgan fingerprint density at radius 1 is 1.56 bits per heavy atom. The van der Waals surface area contributed by atoms with Gasteiger partial charge in [0.25, 0.3) is 0 Å². The van der Waals surface area contributed by atoms with Crippen LogP contribution in [0, 0.1) is 0 Å². The van der Waals surface area contributed by atoms with Gasteiger partial charge >= 0.3 is 0 Å². The summed E-state index contributed by atoms with van der Waals surface area (Å²) < 4.78 is 5.21. The van der Waals surface area contributed by atoms with Crippen molar-refractivity contribution in [2.45, 2.75) is 33.3 Å². The van der Waals surface area contributed by atoms with Crippen LogP contribution in [0.5, 0.6) is 0 Å². The fraction of sp³-hybridized carbons (Fsp3) is 0.800. The van der Waals surface area contributed by atoms with E-state index in [4.69, 9.17) is 15.7 Å². The van der Waals surface area contributed by atoms with Crippen LogP contribution in [0.3, 0.4) is 0 Å². The number of carbonyl (C=O) groups excluding carboxylic acids is 1. The molecular weight excluding hydrogens is 210 g/mol. The largest absolute Gasteiger partial charge is 0.409 e.